The molecule has 1 aliphatic rings. The molecule has 2 atom stereocenters. The minimum Gasteiger partial charge on any atom is -0.386 e. The fourth-order valence-corrected chi connectivity index (χ4v) is 6.32. The van der Waals surface area contributed by atoms with Gasteiger partial charge >= 0.3 is 0 Å². The smallest absolute Gasteiger partial charge is 0.155 e. The van der Waals surface area contributed by atoms with Crippen LogP contribution in [0.25, 0.3) is 0 Å². The van der Waals surface area contributed by atoms with Crippen LogP contribution in [0, 0.1) is 5.41 Å². The summed E-state index contributed by atoms with van der Waals surface area (Å²) in [5, 5.41) is 3.29. The lowest BCUT2D eigenvalue weighted by Gasteiger charge is -2.46. The minimum absolute atomic E-state index is 0.0317. The maximum atomic E-state index is 12.0. The molecule has 0 amide bonds. The second-order valence-corrected chi connectivity index (χ2v) is 11.6. The third-order valence-corrected chi connectivity index (χ3v) is 8.13. The van der Waals surface area contributed by atoms with E-state index in [4.69, 9.17) is 4.52 Å². The van der Waals surface area contributed by atoms with E-state index in [0.29, 0.717) is 25.8 Å². The van der Waals surface area contributed by atoms with Gasteiger partial charge in [0.1, 0.15) is 11.9 Å². The number of carbonyl (C=O) groups is 2. The van der Waals surface area contributed by atoms with Crippen molar-refractivity contribution in [2.45, 2.75) is 59.0 Å². The van der Waals surface area contributed by atoms with Crippen LogP contribution in [0.5, 0.6) is 0 Å². The van der Waals surface area contributed by atoms with E-state index in [0.717, 1.165) is 30.9 Å². The molecule has 5 heteroatoms. The summed E-state index contributed by atoms with van der Waals surface area (Å²) in [7, 11) is -1.82. The van der Waals surface area contributed by atoms with Gasteiger partial charge in [-0.3, -0.25) is 9.59 Å². The molecule has 4 nitrogen and oxygen atoms in total. The Labute approximate surface area is 177 Å². The standard InChI is InChI=1S/C24H38NO3P/c1-7-9-10-11-13-22(27)14-12-18-29(6)19-16-24(4,5)23(28-29)20(3)25-17-15-21(26)8-2/h7,9-11,13,23,25H,1,3,6,8,12,14-19H2,2,4-5H3/b10-9-,13-11+. The molecular formula is C24H38NO3P. The second kappa shape index (κ2) is 12.1. The molecule has 0 bridgehead atoms. The van der Waals surface area contributed by atoms with E-state index >= 15 is 0 Å². The predicted molar refractivity (Wildman–Crippen MR) is 127 cm³/mol. The Morgan fingerprint density at radius 3 is 2.62 bits per heavy atom. The lowest BCUT2D eigenvalue weighted by Crippen LogP contribution is -2.42. The number of rotatable bonds is 13. The summed E-state index contributed by atoms with van der Waals surface area (Å²) in [6.07, 6.45) is 18.1. The van der Waals surface area contributed by atoms with Crippen molar-refractivity contribution < 1.29 is 14.1 Å². The van der Waals surface area contributed by atoms with Crippen molar-refractivity contribution in [1.82, 2.24) is 5.32 Å². The monoisotopic (exact) mass is 419 g/mol. The van der Waals surface area contributed by atoms with Gasteiger partial charge in [-0.1, -0.05) is 64.5 Å². The quantitative estimate of drug-likeness (QED) is 0.250. The maximum Gasteiger partial charge on any atom is 0.155 e. The van der Waals surface area contributed by atoms with Gasteiger partial charge in [0.25, 0.3) is 0 Å². The normalized spacial score (nSPS) is 23.9. The molecule has 0 aliphatic carbocycles. The van der Waals surface area contributed by atoms with Crippen molar-refractivity contribution in [1.29, 1.82) is 0 Å². The lowest BCUT2D eigenvalue weighted by atomic mass is 9.82. The summed E-state index contributed by atoms with van der Waals surface area (Å²) < 4.78 is 6.53. The van der Waals surface area contributed by atoms with Crippen LogP contribution in [-0.2, 0) is 14.1 Å². The third-order valence-electron chi connectivity index (χ3n) is 5.30. The second-order valence-electron chi connectivity index (χ2n) is 8.37. The summed E-state index contributed by atoms with van der Waals surface area (Å²) in [4.78, 5) is 23.5. The van der Waals surface area contributed by atoms with Crippen molar-refractivity contribution in [3.63, 3.8) is 0 Å². The Morgan fingerprint density at radius 2 is 1.97 bits per heavy atom. The number of hydrogen-bond donors (Lipinski definition) is 1. The maximum absolute atomic E-state index is 12.0. The van der Waals surface area contributed by atoms with Crippen molar-refractivity contribution in [3.8, 4) is 0 Å². The number of ketones is 2. The highest BCUT2D eigenvalue weighted by molar-refractivity contribution is 7.69. The first-order valence-electron chi connectivity index (χ1n) is 10.5. The van der Waals surface area contributed by atoms with Crippen molar-refractivity contribution in [3.05, 3.63) is 49.2 Å². The highest BCUT2D eigenvalue weighted by atomic mass is 31.2. The number of Topliss-reactive ketones (excluding diaryl/α,β-unsaturated/α-hetero) is 1. The largest absolute Gasteiger partial charge is 0.386 e. The Hall–Kier alpha value is -1.64. The Balaban J connectivity index is 2.58. The van der Waals surface area contributed by atoms with Gasteiger partial charge in [-0.05, 0) is 36.7 Å². The van der Waals surface area contributed by atoms with Gasteiger partial charge in [0.15, 0.2) is 5.78 Å². The topological polar surface area (TPSA) is 55.4 Å². The predicted octanol–water partition coefficient (Wildman–Crippen LogP) is 5.29. The molecule has 162 valence electrons. The zero-order valence-corrected chi connectivity index (χ0v) is 19.3. The Morgan fingerprint density at radius 1 is 1.24 bits per heavy atom. The highest BCUT2D eigenvalue weighted by Gasteiger charge is 2.40. The molecule has 1 fully saturated rings. The van der Waals surface area contributed by atoms with Gasteiger partial charge in [-0.2, -0.15) is 0 Å². The molecule has 29 heavy (non-hydrogen) atoms. The van der Waals surface area contributed by atoms with E-state index in [1.807, 2.05) is 6.92 Å². The molecule has 1 saturated heterocycles. The van der Waals surface area contributed by atoms with Crippen molar-refractivity contribution >= 4 is 25.0 Å². The average Bonchev–Trinajstić information content (AvgIpc) is 2.67. The molecule has 0 saturated carbocycles. The van der Waals surface area contributed by atoms with E-state index in [-0.39, 0.29) is 23.1 Å². The van der Waals surface area contributed by atoms with Gasteiger partial charge in [-0.15, -0.1) is 0 Å². The molecule has 1 heterocycles. The first-order valence-corrected chi connectivity index (χ1v) is 12.7. The Bertz CT molecular complexity index is 703. The molecule has 2 unspecified atom stereocenters. The van der Waals surface area contributed by atoms with Gasteiger partial charge < -0.3 is 9.84 Å². The highest BCUT2D eigenvalue weighted by Crippen LogP contribution is 2.57. The number of carbonyl (C=O) groups excluding carboxylic acids is 2. The van der Waals surface area contributed by atoms with E-state index in [9.17, 15) is 9.59 Å². The number of nitrogens with one attached hydrogen (secondary N) is 1. The Kier molecular flexibility index (Phi) is 10.6. The molecule has 0 spiro atoms. The molecule has 0 aromatic carbocycles. The fourth-order valence-electron chi connectivity index (χ4n) is 3.30. The van der Waals surface area contributed by atoms with Crippen LogP contribution in [0.1, 0.15) is 52.9 Å². The summed E-state index contributed by atoms with van der Waals surface area (Å²) >= 11 is 0. The van der Waals surface area contributed by atoms with Crippen LogP contribution in [0.2, 0.25) is 0 Å². The summed E-state index contributed by atoms with van der Waals surface area (Å²) in [6.45, 7) is 14.6. The summed E-state index contributed by atoms with van der Waals surface area (Å²) in [5.41, 5.74) is 0.801. The van der Waals surface area contributed by atoms with Gasteiger partial charge in [0, 0.05) is 38.6 Å². The van der Waals surface area contributed by atoms with E-state index in [2.05, 4.69) is 38.6 Å². The number of hydrogen-bond acceptors (Lipinski definition) is 4. The SMILES string of the molecule is C=C/C=C\C=C\C(=O)CCCP1(=C)CCC(C)(C)C(C(=C)NCCC(=O)CC)O1. The van der Waals surface area contributed by atoms with Crippen molar-refractivity contribution in [2.75, 3.05) is 18.9 Å². The van der Waals surface area contributed by atoms with Crippen LogP contribution in [0.4, 0.5) is 0 Å². The van der Waals surface area contributed by atoms with Gasteiger partial charge in [0.2, 0.25) is 0 Å². The van der Waals surface area contributed by atoms with Crippen LogP contribution in [0.15, 0.2) is 49.2 Å². The minimum atomic E-state index is -1.82. The number of allylic oxidation sites excluding steroid dienone is 5. The first-order chi connectivity index (χ1) is 13.6. The lowest BCUT2D eigenvalue weighted by molar-refractivity contribution is -0.118. The van der Waals surface area contributed by atoms with E-state index in [1.54, 1.807) is 30.4 Å². The molecule has 0 aromatic rings. The molecule has 1 aliphatic heterocycles. The molecule has 0 radical (unpaired) electrons. The third kappa shape index (κ3) is 9.14. The molecule has 1 rings (SSSR count). The summed E-state index contributed by atoms with van der Waals surface area (Å²) in [5.74, 6) is 0.359. The van der Waals surface area contributed by atoms with Crippen LogP contribution < -0.4 is 5.32 Å². The summed E-state index contributed by atoms with van der Waals surface area (Å²) in [6, 6.07) is 0. The zero-order chi connectivity index (χ0) is 21.9. The fraction of sp³-hybridized carbons (Fsp3) is 0.542. The van der Waals surface area contributed by atoms with Crippen molar-refractivity contribution in [2.24, 2.45) is 5.41 Å². The first kappa shape index (κ1) is 25.4. The molecule has 1 N–H and O–H groups in total. The van der Waals surface area contributed by atoms with Crippen LogP contribution in [-0.4, -0.2) is 42.8 Å². The average molecular weight is 420 g/mol. The van der Waals surface area contributed by atoms with Gasteiger partial charge in [0.05, 0.1) is 0 Å². The molecular weight excluding hydrogens is 381 g/mol. The van der Waals surface area contributed by atoms with Gasteiger partial charge in [-0.25, -0.2) is 0 Å². The van der Waals surface area contributed by atoms with Crippen LogP contribution in [0.3, 0.4) is 0 Å². The van der Waals surface area contributed by atoms with E-state index in [1.165, 1.54) is 0 Å². The molecule has 0 aromatic heterocycles. The zero-order valence-electron chi connectivity index (χ0n) is 18.4. The van der Waals surface area contributed by atoms with E-state index < -0.39 is 7.11 Å². The van der Waals surface area contributed by atoms with Crippen LogP contribution >= 0.6 is 7.11 Å².